The van der Waals surface area contributed by atoms with E-state index < -0.39 is 34.4 Å². The molecular weight excluding hydrogens is 493 g/mol. The minimum atomic E-state index is -5.77. The molecular formula is C23H20F5N3O3S. The molecule has 6 nitrogen and oxygen atoms in total. The lowest BCUT2D eigenvalue weighted by Gasteiger charge is -2.19. The van der Waals surface area contributed by atoms with E-state index in [0.29, 0.717) is 11.5 Å². The van der Waals surface area contributed by atoms with Gasteiger partial charge < -0.3 is 4.74 Å². The Morgan fingerprint density at radius 2 is 1.66 bits per heavy atom. The maximum atomic E-state index is 13.1. The molecule has 0 amide bonds. The van der Waals surface area contributed by atoms with Crippen LogP contribution in [0.2, 0.25) is 0 Å². The second-order valence-corrected chi connectivity index (χ2v) is 10.4. The van der Waals surface area contributed by atoms with Gasteiger partial charge in [0.1, 0.15) is 11.4 Å². The number of benzene rings is 1. The van der Waals surface area contributed by atoms with E-state index in [4.69, 9.17) is 0 Å². The smallest absolute Gasteiger partial charge is 0.456 e. The lowest BCUT2D eigenvalue weighted by molar-refractivity contribution is -0.290. The van der Waals surface area contributed by atoms with Gasteiger partial charge >= 0.3 is 12.1 Å². The van der Waals surface area contributed by atoms with Crippen LogP contribution in [-0.4, -0.2) is 48.1 Å². The van der Waals surface area contributed by atoms with Crippen LogP contribution in [0.1, 0.15) is 31.2 Å². The average molecular weight is 513 g/mol. The van der Waals surface area contributed by atoms with Crippen LogP contribution >= 0.6 is 0 Å². The van der Waals surface area contributed by atoms with Crippen LogP contribution in [0.25, 0.3) is 22.5 Å². The van der Waals surface area contributed by atoms with Crippen LogP contribution in [0, 0.1) is 0 Å². The Labute approximate surface area is 198 Å². The van der Waals surface area contributed by atoms with Crippen molar-refractivity contribution in [3.8, 4) is 28.4 Å². The van der Waals surface area contributed by atoms with Gasteiger partial charge in [0.15, 0.2) is 16.4 Å². The number of sulfone groups is 1. The van der Waals surface area contributed by atoms with Crippen LogP contribution in [0.3, 0.4) is 0 Å². The summed E-state index contributed by atoms with van der Waals surface area (Å²) >= 11 is 0. The predicted molar refractivity (Wildman–Crippen MR) is 117 cm³/mol. The zero-order valence-electron chi connectivity index (χ0n) is 18.4. The summed E-state index contributed by atoms with van der Waals surface area (Å²) in [6, 6.07) is 11.5. The number of aromatic nitrogens is 3. The molecule has 1 saturated carbocycles. The number of alkyl halides is 5. The summed E-state index contributed by atoms with van der Waals surface area (Å²) in [5, 5.41) is 7.23. The number of pyridine rings is 1. The molecule has 12 heteroatoms. The van der Waals surface area contributed by atoms with E-state index >= 15 is 0 Å². The molecule has 0 atom stereocenters. The summed E-state index contributed by atoms with van der Waals surface area (Å²) in [5.74, 6) is -5.28. The number of rotatable bonds is 8. The fourth-order valence-electron chi connectivity index (χ4n) is 3.32. The monoisotopic (exact) mass is 513 g/mol. The molecule has 4 rings (SSSR count). The lowest BCUT2D eigenvalue weighted by atomic mass is 10.0. The minimum absolute atomic E-state index is 0.0115. The van der Waals surface area contributed by atoms with Crippen LogP contribution in [0.4, 0.5) is 22.0 Å². The molecule has 1 aliphatic carbocycles. The van der Waals surface area contributed by atoms with Crippen molar-refractivity contribution in [3.05, 3.63) is 54.2 Å². The second-order valence-electron chi connectivity index (χ2n) is 8.12. The maximum absolute atomic E-state index is 13.1. The van der Waals surface area contributed by atoms with Crippen LogP contribution in [-0.2, 0) is 9.84 Å². The van der Waals surface area contributed by atoms with E-state index in [1.807, 2.05) is 24.3 Å². The highest BCUT2D eigenvalue weighted by Crippen LogP contribution is 2.40. The van der Waals surface area contributed by atoms with E-state index in [1.165, 1.54) is 30.8 Å². The standard InChI is InChI=1S/C23H20F5N3O3S/c1-2-35(32,33)19-11-17(16-7-5-15(6-8-16)14-3-4-14)12-29-21(19)18-9-10-20(31-30-18)34-13-22(24,25)23(26,27)28/h5-12,14H,2-4,13H2,1H3. The summed E-state index contributed by atoms with van der Waals surface area (Å²) in [7, 11) is -3.76. The van der Waals surface area contributed by atoms with E-state index in [9.17, 15) is 30.4 Å². The topological polar surface area (TPSA) is 82.0 Å². The molecule has 0 saturated heterocycles. The van der Waals surface area contributed by atoms with Crippen molar-refractivity contribution >= 4 is 9.84 Å². The summed E-state index contributed by atoms with van der Waals surface area (Å²) in [5.41, 5.74) is 2.55. The normalized spacial score (nSPS) is 14.7. The maximum Gasteiger partial charge on any atom is 0.456 e. The molecule has 0 radical (unpaired) electrons. The van der Waals surface area contributed by atoms with Gasteiger partial charge in [0.2, 0.25) is 5.88 Å². The molecule has 35 heavy (non-hydrogen) atoms. The highest BCUT2D eigenvalue weighted by molar-refractivity contribution is 7.91. The predicted octanol–water partition coefficient (Wildman–Crippen LogP) is 5.45. The van der Waals surface area contributed by atoms with Crippen molar-refractivity contribution in [3.63, 3.8) is 0 Å². The first-order valence-electron chi connectivity index (χ1n) is 10.7. The molecule has 3 aromatic rings. The zero-order valence-corrected chi connectivity index (χ0v) is 19.2. The summed E-state index contributed by atoms with van der Waals surface area (Å²) in [6.45, 7) is -0.494. The number of nitrogens with zero attached hydrogens (tertiary/aromatic N) is 3. The third kappa shape index (κ3) is 5.42. The molecule has 1 fully saturated rings. The molecule has 2 heterocycles. The van der Waals surface area contributed by atoms with Crippen molar-refractivity contribution in [1.82, 2.24) is 15.2 Å². The van der Waals surface area contributed by atoms with Gasteiger partial charge in [-0.1, -0.05) is 31.2 Å². The molecule has 186 valence electrons. The Morgan fingerprint density at radius 1 is 0.971 bits per heavy atom. The molecule has 0 N–H and O–H groups in total. The Balaban J connectivity index is 1.62. The minimum Gasteiger partial charge on any atom is -0.470 e. The highest BCUT2D eigenvalue weighted by atomic mass is 32.2. The van der Waals surface area contributed by atoms with Crippen molar-refractivity contribution in [2.75, 3.05) is 12.4 Å². The molecule has 0 aliphatic heterocycles. The fourth-order valence-corrected chi connectivity index (χ4v) is 4.39. The molecule has 0 spiro atoms. The first kappa shape index (κ1) is 25.0. The number of halogens is 5. The van der Waals surface area contributed by atoms with Crippen molar-refractivity contribution < 1.29 is 35.1 Å². The Kier molecular flexibility index (Phi) is 6.52. The molecule has 0 unspecified atom stereocenters. The van der Waals surface area contributed by atoms with Crippen LogP contribution < -0.4 is 4.74 Å². The van der Waals surface area contributed by atoms with Gasteiger partial charge in [-0.3, -0.25) is 4.98 Å². The lowest BCUT2D eigenvalue weighted by Crippen LogP contribution is -2.41. The first-order valence-corrected chi connectivity index (χ1v) is 12.3. The third-order valence-corrected chi connectivity index (χ3v) is 7.30. The Morgan fingerprint density at radius 3 is 2.20 bits per heavy atom. The van der Waals surface area contributed by atoms with E-state index in [0.717, 1.165) is 24.5 Å². The summed E-state index contributed by atoms with van der Waals surface area (Å²) in [4.78, 5) is 4.16. The second kappa shape index (κ2) is 9.14. The van der Waals surface area contributed by atoms with Crippen LogP contribution in [0.15, 0.2) is 53.6 Å². The van der Waals surface area contributed by atoms with Gasteiger partial charge in [0, 0.05) is 17.8 Å². The molecule has 0 bridgehead atoms. The summed E-state index contributed by atoms with van der Waals surface area (Å²) < 4.78 is 93.0. The largest absolute Gasteiger partial charge is 0.470 e. The van der Waals surface area contributed by atoms with Gasteiger partial charge in [-0.15, -0.1) is 10.2 Å². The average Bonchev–Trinajstić information content (AvgIpc) is 3.68. The fraction of sp³-hybridized carbons (Fsp3) is 0.348. The first-order chi connectivity index (χ1) is 16.4. The Bertz CT molecular complexity index is 1310. The van der Waals surface area contributed by atoms with Gasteiger partial charge in [-0.25, -0.2) is 8.42 Å². The SMILES string of the molecule is CCS(=O)(=O)c1cc(-c2ccc(C3CC3)cc2)cnc1-c1ccc(OCC(F)(F)C(F)(F)F)nn1. The van der Waals surface area contributed by atoms with Gasteiger partial charge in [-0.2, -0.15) is 22.0 Å². The van der Waals surface area contributed by atoms with E-state index in [1.54, 1.807) is 0 Å². The van der Waals surface area contributed by atoms with Crippen molar-refractivity contribution in [2.45, 2.75) is 42.7 Å². The number of hydrogen-bond donors (Lipinski definition) is 0. The van der Waals surface area contributed by atoms with Crippen molar-refractivity contribution in [1.29, 1.82) is 0 Å². The number of hydrogen-bond acceptors (Lipinski definition) is 6. The van der Waals surface area contributed by atoms with Gasteiger partial charge in [0.05, 0.1) is 10.6 Å². The molecule has 2 aromatic heterocycles. The summed E-state index contributed by atoms with van der Waals surface area (Å²) in [6.07, 6.45) is -1.98. The Hall–Kier alpha value is -3.15. The zero-order chi connectivity index (χ0) is 25.4. The van der Waals surface area contributed by atoms with Crippen LogP contribution in [0.5, 0.6) is 5.88 Å². The third-order valence-electron chi connectivity index (χ3n) is 5.56. The highest BCUT2D eigenvalue weighted by Gasteiger charge is 2.58. The quantitative estimate of drug-likeness (QED) is 0.373. The van der Waals surface area contributed by atoms with E-state index in [-0.39, 0.29) is 22.0 Å². The van der Waals surface area contributed by atoms with E-state index in [2.05, 4.69) is 19.9 Å². The van der Waals surface area contributed by atoms with Crippen molar-refractivity contribution in [2.24, 2.45) is 0 Å². The number of ether oxygens (including phenoxy) is 1. The molecule has 1 aliphatic rings. The molecule has 1 aromatic carbocycles. The van der Waals surface area contributed by atoms with Gasteiger partial charge in [0.25, 0.3) is 0 Å². The van der Waals surface area contributed by atoms with Gasteiger partial charge in [-0.05, 0) is 42.0 Å².